The smallest absolute Gasteiger partial charge is 0.186 e. The number of hydrogen-bond donors (Lipinski definition) is 2. The van der Waals surface area contributed by atoms with E-state index < -0.39 is 0 Å². The van der Waals surface area contributed by atoms with E-state index in [4.69, 9.17) is 0 Å². The third-order valence-electron chi connectivity index (χ3n) is 3.28. The minimum atomic E-state index is -0.373. The lowest BCUT2D eigenvalue weighted by Gasteiger charge is -2.26. The molecular formula is C16H30N6O2S6+2. The van der Waals surface area contributed by atoms with Gasteiger partial charge >= 0.3 is 0 Å². The first kappa shape index (κ1) is 26.6. The van der Waals surface area contributed by atoms with Gasteiger partial charge < -0.3 is 19.2 Å². The van der Waals surface area contributed by atoms with Gasteiger partial charge in [-0.05, 0) is 21.6 Å². The lowest BCUT2D eigenvalue weighted by atomic mass is 10.3. The van der Waals surface area contributed by atoms with E-state index in [0.29, 0.717) is 24.6 Å². The van der Waals surface area contributed by atoms with Crippen LogP contribution in [0.5, 0.6) is 0 Å². The normalized spacial score (nSPS) is 14.8. The molecular weight excluding hydrogens is 501 g/mol. The minimum absolute atomic E-state index is 0.373. The maximum Gasteiger partial charge on any atom is 0.186 e. The van der Waals surface area contributed by atoms with Crippen LogP contribution in [0.1, 0.15) is 0 Å². The highest BCUT2D eigenvalue weighted by Crippen LogP contribution is 2.42. The molecule has 8 nitrogen and oxygen atoms in total. The topological polar surface area (TPSA) is 92.0 Å². The van der Waals surface area contributed by atoms with Crippen molar-refractivity contribution < 1.29 is 19.2 Å². The molecule has 0 bridgehead atoms. The van der Waals surface area contributed by atoms with Crippen LogP contribution in [-0.4, -0.2) is 119 Å². The molecule has 0 aromatic carbocycles. The average Bonchev–Trinajstić information content (AvgIpc) is 3.22. The predicted octanol–water partition coefficient (Wildman–Crippen LogP) is 2.51. The maximum absolute atomic E-state index is 10.1. The number of rotatable bonds is 13. The maximum atomic E-state index is 10.1. The molecule has 170 valence electrons. The highest BCUT2D eigenvalue weighted by atomic mass is 33.1. The molecule has 0 amide bonds. The molecule has 0 aliphatic rings. The van der Waals surface area contributed by atoms with E-state index in [1.165, 1.54) is 67.8 Å². The highest BCUT2D eigenvalue weighted by Gasteiger charge is 2.18. The molecule has 0 fully saturated rings. The van der Waals surface area contributed by atoms with Crippen molar-refractivity contribution in [2.24, 2.45) is 0 Å². The summed E-state index contributed by atoms with van der Waals surface area (Å²) in [5.74, 6) is 1.22. The van der Waals surface area contributed by atoms with E-state index in [0.717, 1.165) is 26.3 Å². The third-order valence-corrected chi connectivity index (χ3v) is 10.6. The second-order valence-corrected chi connectivity index (χ2v) is 15.8. The third kappa shape index (κ3) is 11.3. The van der Waals surface area contributed by atoms with Gasteiger partial charge in [-0.3, -0.25) is 0 Å². The Morgan fingerprint density at radius 1 is 0.667 bits per heavy atom. The quantitative estimate of drug-likeness (QED) is 0.229. The predicted molar refractivity (Wildman–Crippen MR) is 131 cm³/mol. The van der Waals surface area contributed by atoms with Crippen molar-refractivity contribution >= 4 is 67.8 Å². The van der Waals surface area contributed by atoms with Crippen LogP contribution in [0.3, 0.4) is 0 Å². The van der Waals surface area contributed by atoms with Gasteiger partial charge in [0.05, 0.1) is 42.3 Å². The Morgan fingerprint density at radius 3 is 1.33 bits per heavy atom. The lowest BCUT2D eigenvalue weighted by molar-refractivity contribution is -0.873. The van der Waals surface area contributed by atoms with Gasteiger partial charge in [0.25, 0.3) is 0 Å². The van der Waals surface area contributed by atoms with Crippen LogP contribution in [0.2, 0.25) is 0 Å². The highest BCUT2D eigenvalue weighted by molar-refractivity contribution is 8.77. The van der Waals surface area contributed by atoms with Crippen LogP contribution in [0.4, 0.5) is 0 Å². The molecule has 2 aromatic heterocycles. The number of aliphatic hydroxyl groups is 2. The molecule has 2 heterocycles. The summed E-state index contributed by atoms with van der Waals surface area (Å²) < 4.78 is 4.88. The van der Waals surface area contributed by atoms with E-state index in [2.05, 4.69) is 62.7 Å². The first-order valence-corrected chi connectivity index (χ1v) is 14.9. The van der Waals surface area contributed by atoms with Gasteiger partial charge in [-0.2, -0.15) is 0 Å². The molecule has 2 atom stereocenters. The summed E-state index contributed by atoms with van der Waals surface area (Å²) in [5, 5.41) is 37.0. The average molecular weight is 531 g/mol. The van der Waals surface area contributed by atoms with Gasteiger partial charge in [0.2, 0.25) is 0 Å². The Hall–Kier alpha value is 0.360. The molecule has 30 heavy (non-hydrogen) atoms. The van der Waals surface area contributed by atoms with Crippen LogP contribution in [-0.2, 0) is 0 Å². The Labute approximate surface area is 202 Å². The second-order valence-electron chi connectivity index (χ2n) is 8.71. The largest absolute Gasteiger partial charge is 0.386 e. The van der Waals surface area contributed by atoms with Crippen molar-refractivity contribution in [2.45, 2.75) is 29.6 Å². The van der Waals surface area contributed by atoms with Gasteiger partial charge in [0, 0.05) is 11.5 Å². The summed E-state index contributed by atoms with van der Waals surface area (Å²) in [4.78, 5) is 0. The fourth-order valence-electron chi connectivity index (χ4n) is 2.35. The van der Waals surface area contributed by atoms with Gasteiger partial charge in [-0.1, -0.05) is 46.2 Å². The zero-order valence-electron chi connectivity index (χ0n) is 18.0. The molecule has 14 heteroatoms. The lowest BCUT2D eigenvalue weighted by Crippen LogP contribution is -2.42. The molecule has 0 radical (unpaired) electrons. The summed E-state index contributed by atoms with van der Waals surface area (Å²) in [6.45, 7) is 1.40. The van der Waals surface area contributed by atoms with Crippen molar-refractivity contribution in [1.82, 2.24) is 20.4 Å². The van der Waals surface area contributed by atoms with E-state index in [1.54, 1.807) is 0 Å². The summed E-state index contributed by atoms with van der Waals surface area (Å²) >= 11 is 6.12. The number of quaternary nitrogens is 2. The van der Waals surface area contributed by atoms with Crippen LogP contribution in [0, 0.1) is 0 Å². The monoisotopic (exact) mass is 530 g/mol. The number of aliphatic hydroxyl groups excluding tert-OH is 2. The van der Waals surface area contributed by atoms with Gasteiger partial charge in [0.1, 0.15) is 25.3 Å². The van der Waals surface area contributed by atoms with Crippen molar-refractivity contribution in [1.29, 1.82) is 0 Å². The molecule has 0 spiro atoms. The first-order chi connectivity index (χ1) is 13.9. The van der Waals surface area contributed by atoms with Gasteiger partial charge in [-0.25, -0.2) is 0 Å². The number of aromatic nitrogens is 4. The number of hydrogen-bond acceptors (Lipinski definition) is 12. The summed E-state index contributed by atoms with van der Waals surface area (Å²) in [7, 11) is 15.4. The van der Waals surface area contributed by atoms with Crippen LogP contribution in [0.15, 0.2) is 17.4 Å². The van der Waals surface area contributed by atoms with Crippen molar-refractivity contribution in [2.75, 3.05) is 66.9 Å². The molecule has 0 aliphatic carbocycles. The Kier molecular flexibility index (Phi) is 10.6. The summed E-state index contributed by atoms with van der Waals surface area (Å²) in [5.41, 5.74) is 0. The molecule has 0 aliphatic heterocycles. The number of nitrogens with zero attached hydrogens (tertiary/aromatic N) is 6. The fraction of sp³-hybridized carbons (Fsp3) is 0.750. The van der Waals surface area contributed by atoms with Crippen LogP contribution < -0.4 is 0 Å². The Balaban J connectivity index is 1.73. The Bertz CT molecular complexity index is 711. The molecule has 2 N–H and O–H groups in total. The summed E-state index contributed by atoms with van der Waals surface area (Å²) in [6.07, 6.45) is -0.745. The molecule has 0 saturated heterocycles. The molecule has 2 unspecified atom stereocenters. The zero-order chi connectivity index (χ0) is 22.4. The van der Waals surface area contributed by atoms with Crippen molar-refractivity contribution in [3.8, 4) is 0 Å². The van der Waals surface area contributed by atoms with Crippen LogP contribution in [0.25, 0.3) is 0 Å². The van der Waals surface area contributed by atoms with Crippen molar-refractivity contribution in [3.63, 3.8) is 0 Å². The number of thioether (sulfide) groups is 2. The molecule has 0 saturated carbocycles. The van der Waals surface area contributed by atoms with E-state index >= 15 is 0 Å². The molecule has 2 rings (SSSR count). The molecule has 2 aromatic rings. The number of likely N-dealkylation sites (N-methyl/N-ethyl adjacent to an activating group) is 2. The first-order valence-electron chi connectivity index (χ1n) is 9.14. The second kappa shape index (κ2) is 12.0. The summed E-state index contributed by atoms with van der Waals surface area (Å²) in [6, 6.07) is 0. The Morgan fingerprint density at radius 2 is 1.00 bits per heavy atom. The standard InChI is InChI=1S/C16H30N6O2S6/c1-21(2,3)7-11(23)9-25-13-17-19-15(27-13)29-30-16-20-18-14(28-16)26-10-12(24)8-22(4,5)6/h11-12,23-24H,7-10H2,1-6H3/q+2. The van der Waals surface area contributed by atoms with Gasteiger partial charge in [-0.15, -0.1) is 20.4 Å². The SMILES string of the molecule is C[N+](C)(C)CC(O)CSc1nnc(SSc2nnc(SCC(O)C[N+](C)(C)C)s2)s1. The van der Waals surface area contributed by atoms with Crippen LogP contribution >= 0.6 is 67.8 Å². The van der Waals surface area contributed by atoms with Gasteiger partial charge in [0.15, 0.2) is 17.4 Å². The van der Waals surface area contributed by atoms with E-state index in [-0.39, 0.29) is 12.2 Å². The minimum Gasteiger partial charge on any atom is -0.386 e. The zero-order valence-corrected chi connectivity index (χ0v) is 22.9. The van der Waals surface area contributed by atoms with E-state index in [9.17, 15) is 10.2 Å². The van der Waals surface area contributed by atoms with E-state index in [1.807, 2.05) is 0 Å². The fourth-order valence-corrected chi connectivity index (χ4v) is 8.62. The van der Waals surface area contributed by atoms with Crippen molar-refractivity contribution in [3.05, 3.63) is 0 Å².